The highest BCUT2D eigenvalue weighted by atomic mass is 32.1. The summed E-state index contributed by atoms with van der Waals surface area (Å²) in [6, 6.07) is 8.26. The van der Waals surface area contributed by atoms with E-state index in [-0.39, 0.29) is 0 Å². The Morgan fingerprint density at radius 2 is 2.18 bits per heavy atom. The Hall–Kier alpha value is -1.39. The first-order valence-corrected chi connectivity index (χ1v) is 6.35. The van der Waals surface area contributed by atoms with Crippen molar-refractivity contribution in [3.8, 4) is 5.88 Å². The molecule has 2 rings (SSSR count). The van der Waals surface area contributed by atoms with Crippen molar-refractivity contribution < 1.29 is 4.74 Å². The minimum Gasteiger partial charge on any atom is -0.481 e. The summed E-state index contributed by atoms with van der Waals surface area (Å²) in [5.74, 6) is 0.697. The van der Waals surface area contributed by atoms with Crippen LogP contribution in [0.1, 0.15) is 15.3 Å². The molecule has 0 aliphatic rings. The molecule has 2 aromatic rings. The summed E-state index contributed by atoms with van der Waals surface area (Å²) in [5, 5.41) is 3.40. The lowest BCUT2D eigenvalue weighted by molar-refractivity contribution is 0.390. The molecule has 1 N–H and O–H groups in total. The Morgan fingerprint density at radius 3 is 2.88 bits per heavy atom. The van der Waals surface area contributed by atoms with Gasteiger partial charge in [0.2, 0.25) is 5.88 Å². The van der Waals surface area contributed by atoms with Crippen molar-refractivity contribution >= 4 is 11.3 Å². The van der Waals surface area contributed by atoms with E-state index < -0.39 is 0 Å². The third kappa shape index (κ3) is 3.28. The zero-order valence-electron chi connectivity index (χ0n) is 10.1. The van der Waals surface area contributed by atoms with Gasteiger partial charge in [-0.3, -0.25) is 0 Å². The summed E-state index contributed by atoms with van der Waals surface area (Å²) in [4.78, 5) is 6.87. The van der Waals surface area contributed by atoms with Gasteiger partial charge in [0.25, 0.3) is 0 Å². The van der Waals surface area contributed by atoms with E-state index in [1.807, 2.05) is 23.5 Å². The van der Waals surface area contributed by atoms with Gasteiger partial charge < -0.3 is 10.1 Å². The Morgan fingerprint density at radius 1 is 1.29 bits per heavy atom. The second-order valence-electron chi connectivity index (χ2n) is 3.79. The second-order valence-corrected chi connectivity index (χ2v) is 5.16. The normalized spacial score (nSPS) is 10.5. The zero-order valence-corrected chi connectivity index (χ0v) is 10.9. The fraction of sp³-hybridized carbons (Fsp3) is 0.308. The van der Waals surface area contributed by atoms with E-state index in [2.05, 4.69) is 29.4 Å². The molecule has 0 saturated carbocycles. The molecule has 0 bridgehead atoms. The van der Waals surface area contributed by atoms with Gasteiger partial charge in [-0.15, -0.1) is 11.3 Å². The first-order valence-electron chi connectivity index (χ1n) is 5.53. The average molecular weight is 248 g/mol. The van der Waals surface area contributed by atoms with Crippen LogP contribution in [0.15, 0.2) is 30.5 Å². The van der Waals surface area contributed by atoms with Gasteiger partial charge in [-0.1, -0.05) is 6.07 Å². The molecule has 2 aromatic heterocycles. The smallest absolute Gasteiger partial charge is 0.217 e. The maximum Gasteiger partial charge on any atom is 0.217 e. The van der Waals surface area contributed by atoms with Crippen molar-refractivity contribution in [2.45, 2.75) is 20.0 Å². The highest BCUT2D eigenvalue weighted by Gasteiger charge is 2.02. The van der Waals surface area contributed by atoms with Crippen LogP contribution in [0.25, 0.3) is 0 Å². The Kier molecular flexibility index (Phi) is 4.12. The van der Waals surface area contributed by atoms with E-state index in [1.54, 1.807) is 13.3 Å². The van der Waals surface area contributed by atoms with Crippen LogP contribution in [0, 0.1) is 6.92 Å². The number of aromatic nitrogens is 1. The highest BCUT2D eigenvalue weighted by Crippen LogP contribution is 2.16. The van der Waals surface area contributed by atoms with Gasteiger partial charge >= 0.3 is 0 Å². The molecule has 0 atom stereocenters. The van der Waals surface area contributed by atoms with E-state index in [4.69, 9.17) is 4.74 Å². The van der Waals surface area contributed by atoms with Crippen LogP contribution in [0.5, 0.6) is 5.88 Å². The standard InChI is InChI=1S/C13H16N2OS/c1-10-5-6-12(17-10)9-14-8-11-4-3-7-15-13(11)16-2/h3-7,14H,8-9H2,1-2H3. The quantitative estimate of drug-likeness (QED) is 0.883. The first-order chi connectivity index (χ1) is 8.29. The Bertz CT molecular complexity index is 482. The molecule has 3 nitrogen and oxygen atoms in total. The summed E-state index contributed by atoms with van der Waals surface area (Å²) in [6.07, 6.45) is 1.74. The number of rotatable bonds is 5. The molecule has 0 saturated heterocycles. The molecule has 0 radical (unpaired) electrons. The lowest BCUT2D eigenvalue weighted by atomic mass is 10.2. The Balaban J connectivity index is 1.89. The van der Waals surface area contributed by atoms with Crippen LogP contribution < -0.4 is 10.1 Å². The third-order valence-corrected chi connectivity index (χ3v) is 3.45. The molecule has 0 aliphatic heterocycles. The van der Waals surface area contributed by atoms with Gasteiger partial charge in [-0.05, 0) is 25.1 Å². The van der Waals surface area contributed by atoms with Gasteiger partial charge in [0.05, 0.1) is 7.11 Å². The van der Waals surface area contributed by atoms with Crippen LogP contribution in [-0.2, 0) is 13.1 Å². The van der Waals surface area contributed by atoms with Crippen molar-refractivity contribution in [3.05, 3.63) is 45.8 Å². The molecule has 0 aliphatic carbocycles. The molecule has 0 spiro atoms. The number of methoxy groups -OCH3 is 1. The van der Waals surface area contributed by atoms with Gasteiger partial charge in [0.1, 0.15) is 0 Å². The fourth-order valence-electron chi connectivity index (χ4n) is 1.64. The number of ether oxygens (including phenoxy) is 1. The summed E-state index contributed by atoms with van der Waals surface area (Å²) in [7, 11) is 1.65. The van der Waals surface area contributed by atoms with Crippen LogP contribution in [0.2, 0.25) is 0 Å². The largest absolute Gasteiger partial charge is 0.481 e. The lowest BCUT2D eigenvalue weighted by Gasteiger charge is -2.07. The van der Waals surface area contributed by atoms with E-state index in [0.29, 0.717) is 5.88 Å². The topological polar surface area (TPSA) is 34.1 Å². The number of aryl methyl sites for hydroxylation is 1. The predicted octanol–water partition coefficient (Wildman–Crippen LogP) is 2.75. The molecule has 0 aromatic carbocycles. The Labute approximate surface area is 105 Å². The SMILES string of the molecule is COc1ncccc1CNCc1ccc(C)s1. The van der Waals surface area contributed by atoms with Crippen LogP contribution in [0.4, 0.5) is 0 Å². The molecule has 0 amide bonds. The van der Waals surface area contributed by atoms with Gasteiger partial charge in [0, 0.05) is 34.6 Å². The van der Waals surface area contributed by atoms with Crippen molar-refractivity contribution in [3.63, 3.8) is 0 Å². The number of pyridine rings is 1. The van der Waals surface area contributed by atoms with Gasteiger partial charge in [-0.25, -0.2) is 4.98 Å². The number of nitrogens with zero attached hydrogens (tertiary/aromatic N) is 1. The maximum atomic E-state index is 5.20. The molecule has 90 valence electrons. The third-order valence-electron chi connectivity index (χ3n) is 2.45. The van der Waals surface area contributed by atoms with Crippen molar-refractivity contribution in [1.29, 1.82) is 0 Å². The van der Waals surface area contributed by atoms with Crippen molar-refractivity contribution in [1.82, 2.24) is 10.3 Å². The van der Waals surface area contributed by atoms with E-state index in [0.717, 1.165) is 18.7 Å². The molecule has 0 fully saturated rings. The minimum absolute atomic E-state index is 0.697. The fourth-order valence-corrected chi connectivity index (χ4v) is 2.50. The molecular formula is C13H16N2OS. The number of hydrogen-bond acceptors (Lipinski definition) is 4. The molecule has 0 unspecified atom stereocenters. The molecular weight excluding hydrogens is 232 g/mol. The summed E-state index contributed by atoms with van der Waals surface area (Å²) < 4.78 is 5.20. The average Bonchev–Trinajstić information content (AvgIpc) is 2.76. The lowest BCUT2D eigenvalue weighted by Crippen LogP contribution is -2.12. The van der Waals surface area contributed by atoms with Crippen LogP contribution >= 0.6 is 11.3 Å². The second kappa shape index (κ2) is 5.80. The predicted molar refractivity (Wildman–Crippen MR) is 70.4 cm³/mol. The van der Waals surface area contributed by atoms with E-state index in [9.17, 15) is 0 Å². The number of thiophene rings is 1. The molecule has 2 heterocycles. The highest BCUT2D eigenvalue weighted by molar-refractivity contribution is 7.11. The van der Waals surface area contributed by atoms with Crippen molar-refractivity contribution in [2.75, 3.05) is 7.11 Å². The molecule has 17 heavy (non-hydrogen) atoms. The maximum absolute atomic E-state index is 5.20. The first kappa shape index (κ1) is 12.1. The van der Waals surface area contributed by atoms with Crippen LogP contribution in [-0.4, -0.2) is 12.1 Å². The van der Waals surface area contributed by atoms with Gasteiger partial charge in [0.15, 0.2) is 0 Å². The van der Waals surface area contributed by atoms with E-state index in [1.165, 1.54) is 9.75 Å². The zero-order chi connectivity index (χ0) is 12.1. The van der Waals surface area contributed by atoms with Crippen LogP contribution in [0.3, 0.4) is 0 Å². The molecule has 4 heteroatoms. The number of nitrogens with one attached hydrogen (secondary N) is 1. The monoisotopic (exact) mass is 248 g/mol. The van der Waals surface area contributed by atoms with Crippen molar-refractivity contribution in [2.24, 2.45) is 0 Å². The minimum atomic E-state index is 0.697. The van der Waals surface area contributed by atoms with E-state index >= 15 is 0 Å². The summed E-state index contributed by atoms with van der Waals surface area (Å²) >= 11 is 1.82. The summed E-state index contributed by atoms with van der Waals surface area (Å²) in [6.45, 7) is 3.78. The summed E-state index contributed by atoms with van der Waals surface area (Å²) in [5.41, 5.74) is 1.09. The van der Waals surface area contributed by atoms with Gasteiger partial charge in [-0.2, -0.15) is 0 Å². The number of hydrogen-bond donors (Lipinski definition) is 1.